The molecule has 162 valence electrons. The topological polar surface area (TPSA) is 108 Å². The van der Waals surface area contributed by atoms with Gasteiger partial charge in [0.2, 0.25) is 0 Å². The molecule has 0 saturated carbocycles. The van der Waals surface area contributed by atoms with Crippen molar-refractivity contribution in [3.63, 3.8) is 0 Å². The summed E-state index contributed by atoms with van der Waals surface area (Å²) in [6.45, 7) is 2.80. The monoisotopic (exact) mass is 437 g/mol. The van der Waals surface area contributed by atoms with Gasteiger partial charge in [0.1, 0.15) is 0 Å². The zero-order valence-corrected chi connectivity index (χ0v) is 17.6. The molecule has 2 amide bonds. The maximum atomic E-state index is 11.7. The third-order valence-electron chi connectivity index (χ3n) is 6.02. The lowest BCUT2D eigenvalue weighted by atomic mass is 9.93. The molecule has 1 saturated heterocycles. The number of ether oxygens (including phenoxy) is 1. The summed E-state index contributed by atoms with van der Waals surface area (Å²) in [4.78, 5) is 27.6. The van der Waals surface area contributed by atoms with Gasteiger partial charge in [0.25, 0.3) is 0 Å². The molecule has 0 spiro atoms. The van der Waals surface area contributed by atoms with Gasteiger partial charge in [0, 0.05) is 37.0 Å². The van der Waals surface area contributed by atoms with Gasteiger partial charge in [-0.1, -0.05) is 18.2 Å². The third-order valence-corrected chi connectivity index (χ3v) is 6.02. The van der Waals surface area contributed by atoms with E-state index in [2.05, 4.69) is 30.7 Å². The molecule has 0 radical (unpaired) electrons. The minimum Gasteiger partial charge on any atom is -0.378 e. The number of morpholine rings is 1. The number of allylic oxidation sites excluding steroid dienone is 3. The van der Waals surface area contributed by atoms with E-state index in [0.29, 0.717) is 30.2 Å². The van der Waals surface area contributed by atoms with Crippen molar-refractivity contribution in [2.75, 3.05) is 31.2 Å². The quantitative estimate of drug-likeness (QED) is 0.675. The lowest BCUT2D eigenvalue weighted by Crippen LogP contribution is -2.37. The number of carbonyl (C=O) groups excluding carboxylic acids is 1. The van der Waals surface area contributed by atoms with Gasteiger partial charge < -0.3 is 15.0 Å². The Kier molecular flexibility index (Phi) is 4.52. The van der Waals surface area contributed by atoms with E-state index in [9.17, 15) is 10.1 Å². The number of amides is 2. The van der Waals surface area contributed by atoms with E-state index in [1.165, 1.54) is 0 Å². The fraction of sp³-hybridized carbons (Fsp3) is 0.208. The van der Waals surface area contributed by atoms with Crippen molar-refractivity contribution in [2.24, 2.45) is 4.99 Å². The number of hydrogen-bond acceptors (Lipinski definition) is 6. The number of rotatable bonds is 3. The summed E-state index contributed by atoms with van der Waals surface area (Å²) in [7, 11) is 0. The van der Waals surface area contributed by atoms with Crippen LogP contribution in [0.1, 0.15) is 17.2 Å². The molecule has 9 heteroatoms. The number of carbonyl (C=O) groups is 1. The summed E-state index contributed by atoms with van der Waals surface area (Å²) < 4.78 is 7.58. The van der Waals surface area contributed by atoms with Gasteiger partial charge >= 0.3 is 6.03 Å². The first kappa shape index (κ1) is 19.4. The van der Waals surface area contributed by atoms with Crippen molar-refractivity contribution in [3.8, 4) is 17.3 Å². The van der Waals surface area contributed by atoms with E-state index in [-0.39, 0.29) is 11.9 Å². The Morgan fingerprint density at radius 2 is 2.00 bits per heavy atom. The molecule has 2 aromatic heterocycles. The zero-order chi connectivity index (χ0) is 22.4. The van der Waals surface area contributed by atoms with Crippen LogP contribution in [0.25, 0.3) is 16.9 Å². The highest BCUT2D eigenvalue weighted by Crippen LogP contribution is 2.36. The average Bonchev–Trinajstić information content (AvgIpc) is 3.43. The summed E-state index contributed by atoms with van der Waals surface area (Å²) in [5, 5.41) is 12.0. The highest BCUT2D eigenvalue weighted by Gasteiger charge is 2.28. The number of anilines is 1. The van der Waals surface area contributed by atoms with Crippen LogP contribution in [0.2, 0.25) is 0 Å². The van der Waals surface area contributed by atoms with Gasteiger partial charge in [-0.3, -0.25) is 4.40 Å². The number of urea groups is 1. The van der Waals surface area contributed by atoms with Crippen molar-refractivity contribution < 1.29 is 9.53 Å². The van der Waals surface area contributed by atoms with Crippen molar-refractivity contribution in [3.05, 3.63) is 71.8 Å². The van der Waals surface area contributed by atoms with Crippen LogP contribution in [0.5, 0.6) is 0 Å². The molecule has 4 heterocycles. The fourth-order valence-corrected chi connectivity index (χ4v) is 4.44. The van der Waals surface area contributed by atoms with Crippen LogP contribution < -0.4 is 10.2 Å². The SMILES string of the molecule is N#Cc1ccc(-c2nc3c(N4CCOCC4)nccn3c2C2C=CC3=NC(=O)NC3=C2)cc1. The molecular formula is C24H19N7O2. The largest absolute Gasteiger partial charge is 0.378 e. The Labute approximate surface area is 189 Å². The van der Waals surface area contributed by atoms with Gasteiger partial charge in [-0.25, -0.2) is 14.8 Å². The Balaban J connectivity index is 1.54. The number of aliphatic imine (C=N–C) groups is 1. The third kappa shape index (κ3) is 3.28. The number of benzene rings is 1. The van der Waals surface area contributed by atoms with E-state index < -0.39 is 0 Å². The van der Waals surface area contributed by atoms with Gasteiger partial charge in [0.05, 0.1) is 47.6 Å². The van der Waals surface area contributed by atoms with Crippen LogP contribution in [0.15, 0.2) is 65.6 Å². The smallest absolute Gasteiger partial charge is 0.346 e. The molecule has 33 heavy (non-hydrogen) atoms. The summed E-state index contributed by atoms with van der Waals surface area (Å²) in [6.07, 6.45) is 9.58. The summed E-state index contributed by atoms with van der Waals surface area (Å²) >= 11 is 0. The molecule has 9 nitrogen and oxygen atoms in total. The molecule has 1 aliphatic carbocycles. The van der Waals surface area contributed by atoms with E-state index in [0.717, 1.165) is 41.5 Å². The molecular weight excluding hydrogens is 418 g/mol. The number of hydrogen-bond donors (Lipinski definition) is 1. The number of aromatic nitrogens is 3. The van der Waals surface area contributed by atoms with Crippen molar-refractivity contribution in [2.45, 2.75) is 5.92 Å². The van der Waals surface area contributed by atoms with Gasteiger partial charge in [-0.2, -0.15) is 10.3 Å². The van der Waals surface area contributed by atoms with Crippen LogP contribution in [0.3, 0.4) is 0 Å². The average molecular weight is 437 g/mol. The zero-order valence-electron chi connectivity index (χ0n) is 17.6. The van der Waals surface area contributed by atoms with Crippen molar-refractivity contribution in [1.29, 1.82) is 5.26 Å². The molecule has 1 fully saturated rings. The maximum Gasteiger partial charge on any atom is 0.346 e. The van der Waals surface area contributed by atoms with Crippen LogP contribution in [-0.2, 0) is 4.74 Å². The minimum atomic E-state index is -0.356. The summed E-state index contributed by atoms with van der Waals surface area (Å²) in [6, 6.07) is 9.22. The van der Waals surface area contributed by atoms with Crippen LogP contribution in [0, 0.1) is 11.3 Å². The molecule has 1 atom stereocenters. The number of nitrogens with one attached hydrogen (secondary N) is 1. The number of nitrogens with zero attached hydrogens (tertiary/aromatic N) is 6. The standard InChI is InChI=1S/C24H19N7O2/c25-14-15-1-3-16(4-2-15)20-21(17-5-6-18-19(13-17)28-24(32)27-18)31-8-7-26-22(23(31)29-20)30-9-11-33-12-10-30/h1-8,13,17H,9-12H2,(H,28,32). The Morgan fingerprint density at radius 1 is 1.18 bits per heavy atom. The van der Waals surface area contributed by atoms with Gasteiger partial charge in [0.15, 0.2) is 11.5 Å². The Hall–Kier alpha value is -4.29. The van der Waals surface area contributed by atoms with Crippen LogP contribution in [0.4, 0.5) is 10.6 Å². The second-order valence-corrected chi connectivity index (χ2v) is 7.97. The predicted octanol–water partition coefficient (Wildman–Crippen LogP) is 2.81. The van der Waals surface area contributed by atoms with Gasteiger partial charge in [-0.05, 0) is 24.3 Å². The Bertz CT molecular complexity index is 1400. The fourth-order valence-electron chi connectivity index (χ4n) is 4.44. The first-order valence-corrected chi connectivity index (χ1v) is 10.7. The molecule has 1 unspecified atom stereocenters. The second-order valence-electron chi connectivity index (χ2n) is 7.97. The Morgan fingerprint density at radius 3 is 2.79 bits per heavy atom. The van der Waals surface area contributed by atoms with E-state index in [1.807, 2.05) is 36.6 Å². The molecule has 3 aliphatic rings. The molecule has 1 N–H and O–H groups in total. The molecule has 3 aromatic rings. The van der Waals surface area contributed by atoms with E-state index >= 15 is 0 Å². The predicted molar refractivity (Wildman–Crippen MR) is 122 cm³/mol. The molecule has 0 bridgehead atoms. The number of nitriles is 1. The number of fused-ring (bicyclic) bond motifs is 2. The van der Waals surface area contributed by atoms with E-state index in [4.69, 9.17) is 9.72 Å². The first-order chi connectivity index (χ1) is 16.2. The first-order valence-electron chi connectivity index (χ1n) is 10.7. The highest BCUT2D eigenvalue weighted by atomic mass is 16.5. The molecule has 6 rings (SSSR count). The number of imidazole rings is 1. The normalized spacial score (nSPS) is 19.7. The van der Waals surface area contributed by atoms with E-state index in [1.54, 1.807) is 18.3 Å². The maximum absolute atomic E-state index is 11.7. The molecule has 2 aliphatic heterocycles. The van der Waals surface area contributed by atoms with Crippen molar-refractivity contribution in [1.82, 2.24) is 19.7 Å². The second kappa shape index (κ2) is 7.69. The van der Waals surface area contributed by atoms with Gasteiger partial charge in [-0.15, -0.1) is 0 Å². The summed E-state index contributed by atoms with van der Waals surface area (Å²) in [5.41, 5.74) is 5.36. The molecule has 1 aromatic carbocycles. The lowest BCUT2D eigenvalue weighted by Gasteiger charge is -2.27. The lowest BCUT2D eigenvalue weighted by molar-refractivity contribution is 0.122. The minimum absolute atomic E-state index is 0.141. The van der Waals surface area contributed by atoms with Crippen LogP contribution in [-0.4, -0.2) is 52.4 Å². The van der Waals surface area contributed by atoms with Crippen molar-refractivity contribution >= 4 is 23.2 Å². The summed E-state index contributed by atoms with van der Waals surface area (Å²) in [5.74, 6) is 0.670. The highest BCUT2D eigenvalue weighted by molar-refractivity contribution is 6.19. The van der Waals surface area contributed by atoms with Crippen LogP contribution >= 0.6 is 0 Å².